The van der Waals surface area contributed by atoms with Crippen molar-refractivity contribution in [2.24, 2.45) is 5.92 Å². The van der Waals surface area contributed by atoms with Gasteiger partial charge in [0.2, 0.25) is 5.91 Å². The van der Waals surface area contributed by atoms with Gasteiger partial charge in [-0.05, 0) is 37.9 Å². The largest absolute Gasteiger partial charge is 0.481 e. The van der Waals surface area contributed by atoms with Gasteiger partial charge in [-0.15, -0.1) is 0 Å². The highest BCUT2D eigenvalue weighted by Crippen LogP contribution is 2.21. The summed E-state index contributed by atoms with van der Waals surface area (Å²) in [7, 11) is 0. The minimum absolute atomic E-state index is 0.0101. The molecule has 1 aromatic rings. The summed E-state index contributed by atoms with van der Waals surface area (Å²) in [4.78, 5) is 23.1. The van der Waals surface area contributed by atoms with Crippen molar-refractivity contribution in [3.05, 3.63) is 29.8 Å². The molecule has 2 unspecified atom stereocenters. The number of carboxylic acids is 1. The summed E-state index contributed by atoms with van der Waals surface area (Å²) >= 11 is 0. The van der Waals surface area contributed by atoms with E-state index in [0.717, 1.165) is 19.4 Å². The number of para-hydroxylation sites is 1. The summed E-state index contributed by atoms with van der Waals surface area (Å²) in [6, 6.07) is 7.40. The molecule has 20 heavy (non-hydrogen) atoms. The van der Waals surface area contributed by atoms with Gasteiger partial charge < -0.3 is 15.7 Å². The zero-order chi connectivity index (χ0) is 14.5. The van der Waals surface area contributed by atoms with E-state index in [-0.39, 0.29) is 18.2 Å². The van der Waals surface area contributed by atoms with Gasteiger partial charge in [-0.3, -0.25) is 9.59 Å². The lowest BCUT2D eigenvalue weighted by Gasteiger charge is -2.27. The highest BCUT2D eigenvalue weighted by molar-refractivity contribution is 5.94. The Bertz CT molecular complexity index is 502. The van der Waals surface area contributed by atoms with E-state index in [4.69, 9.17) is 5.11 Å². The molecule has 0 bridgehead atoms. The minimum atomic E-state index is -0.901. The third kappa shape index (κ3) is 3.81. The van der Waals surface area contributed by atoms with E-state index in [0.29, 0.717) is 17.3 Å². The maximum Gasteiger partial charge on any atom is 0.307 e. The SMILES string of the molecule is CC1CC(C(=O)Nc2ccccc2CC(=O)O)CCN1. The van der Waals surface area contributed by atoms with Crippen molar-refractivity contribution in [1.29, 1.82) is 0 Å². The van der Waals surface area contributed by atoms with Gasteiger partial charge in [-0.25, -0.2) is 0 Å². The average Bonchev–Trinajstić information content (AvgIpc) is 2.40. The molecule has 1 amide bonds. The van der Waals surface area contributed by atoms with Crippen molar-refractivity contribution in [2.45, 2.75) is 32.2 Å². The smallest absolute Gasteiger partial charge is 0.307 e. The number of amides is 1. The number of carboxylic acid groups (broad SMARTS) is 1. The third-order valence-corrected chi connectivity index (χ3v) is 3.61. The fraction of sp³-hybridized carbons (Fsp3) is 0.467. The van der Waals surface area contributed by atoms with Crippen molar-refractivity contribution in [1.82, 2.24) is 5.32 Å². The Balaban J connectivity index is 2.05. The Kier molecular flexibility index (Phi) is 4.74. The van der Waals surface area contributed by atoms with E-state index in [9.17, 15) is 9.59 Å². The van der Waals surface area contributed by atoms with Crippen LogP contribution in [0.1, 0.15) is 25.3 Å². The summed E-state index contributed by atoms with van der Waals surface area (Å²) in [5, 5.41) is 15.1. The molecule has 1 aromatic carbocycles. The molecule has 3 N–H and O–H groups in total. The minimum Gasteiger partial charge on any atom is -0.481 e. The van der Waals surface area contributed by atoms with Crippen molar-refractivity contribution in [2.75, 3.05) is 11.9 Å². The number of carbonyl (C=O) groups excluding carboxylic acids is 1. The fourth-order valence-electron chi connectivity index (χ4n) is 2.56. The molecule has 0 spiro atoms. The number of anilines is 1. The Morgan fingerprint density at radius 2 is 2.15 bits per heavy atom. The van der Waals surface area contributed by atoms with E-state index in [1.807, 2.05) is 0 Å². The predicted molar refractivity (Wildman–Crippen MR) is 76.6 cm³/mol. The van der Waals surface area contributed by atoms with Crippen LogP contribution in [0.15, 0.2) is 24.3 Å². The molecule has 1 aliphatic rings. The molecule has 1 fully saturated rings. The number of aliphatic carboxylic acids is 1. The lowest BCUT2D eigenvalue weighted by molar-refractivity contribution is -0.136. The standard InChI is InChI=1S/C15H20N2O3/c1-10-8-12(6-7-16-10)15(20)17-13-5-3-2-4-11(13)9-14(18)19/h2-5,10,12,16H,6-9H2,1H3,(H,17,20)(H,18,19). The second kappa shape index (κ2) is 6.52. The van der Waals surface area contributed by atoms with Gasteiger partial charge in [0.05, 0.1) is 6.42 Å². The summed E-state index contributed by atoms with van der Waals surface area (Å²) in [5.74, 6) is -0.928. The van der Waals surface area contributed by atoms with Crippen molar-refractivity contribution in [3.63, 3.8) is 0 Å². The number of benzene rings is 1. The van der Waals surface area contributed by atoms with E-state index in [1.165, 1.54) is 0 Å². The Labute approximate surface area is 118 Å². The van der Waals surface area contributed by atoms with Gasteiger partial charge in [-0.2, -0.15) is 0 Å². The van der Waals surface area contributed by atoms with E-state index < -0.39 is 5.97 Å². The summed E-state index contributed by atoms with van der Waals surface area (Å²) in [6.07, 6.45) is 1.54. The highest BCUT2D eigenvalue weighted by Gasteiger charge is 2.25. The van der Waals surface area contributed by atoms with Crippen LogP contribution < -0.4 is 10.6 Å². The molecule has 0 aliphatic carbocycles. The summed E-state index contributed by atoms with van der Waals surface area (Å²) in [6.45, 7) is 2.91. The molecule has 5 nitrogen and oxygen atoms in total. The summed E-state index contributed by atoms with van der Waals surface area (Å²) < 4.78 is 0. The molecular formula is C15H20N2O3. The second-order valence-electron chi connectivity index (χ2n) is 5.29. The molecule has 1 saturated heterocycles. The van der Waals surface area contributed by atoms with Crippen LogP contribution in [-0.4, -0.2) is 29.6 Å². The van der Waals surface area contributed by atoms with E-state index in [2.05, 4.69) is 17.6 Å². The van der Waals surface area contributed by atoms with Gasteiger partial charge in [-0.1, -0.05) is 18.2 Å². The highest BCUT2D eigenvalue weighted by atomic mass is 16.4. The number of hydrogen-bond donors (Lipinski definition) is 3. The molecule has 108 valence electrons. The maximum atomic E-state index is 12.3. The van der Waals surface area contributed by atoms with Gasteiger partial charge in [0.15, 0.2) is 0 Å². The number of rotatable bonds is 4. The van der Waals surface area contributed by atoms with Crippen LogP contribution in [0.4, 0.5) is 5.69 Å². The van der Waals surface area contributed by atoms with Gasteiger partial charge in [0.25, 0.3) is 0 Å². The molecule has 2 rings (SSSR count). The predicted octanol–water partition coefficient (Wildman–Crippen LogP) is 1.64. The monoisotopic (exact) mass is 276 g/mol. The van der Waals surface area contributed by atoms with Crippen LogP contribution in [0.5, 0.6) is 0 Å². The molecule has 2 atom stereocenters. The van der Waals surface area contributed by atoms with Crippen LogP contribution in [0.25, 0.3) is 0 Å². The second-order valence-corrected chi connectivity index (χ2v) is 5.29. The molecular weight excluding hydrogens is 256 g/mol. The van der Waals surface area contributed by atoms with Crippen LogP contribution in [0, 0.1) is 5.92 Å². The topological polar surface area (TPSA) is 78.4 Å². The molecule has 0 radical (unpaired) electrons. The van der Waals surface area contributed by atoms with E-state index in [1.54, 1.807) is 24.3 Å². The van der Waals surface area contributed by atoms with Gasteiger partial charge in [0, 0.05) is 17.6 Å². The van der Waals surface area contributed by atoms with Crippen molar-refractivity contribution < 1.29 is 14.7 Å². The number of piperidine rings is 1. The zero-order valence-corrected chi connectivity index (χ0v) is 11.6. The van der Waals surface area contributed by atoms with Crippen LogP contribution in [0.3, 0.4) is 0 Å². The first kappa shape index (κ1) is 14.5. The Morgan fingerprint density at radius 1 is 1.40 bits per heavy atom. The van der Waals surface area contributed by atoms with Crippen LogP contribution in [-0.2, 0) is 16.0 Å². The zero-order valence-electron chi connectivity index (χ0n) is 11.6. The lowest BCUT2D eigenvalue weighted by Crippen LogP contribution is -2.40. The molecule has 0 saturated carbocycles. The quantitative estimate of drug-likeness (QED) is 0.781. The Morgan fingerprint density at radius 3 is 2.85 bits per heavy atom. The van der Waals surface area contributed by atoms with Crippen molar-refractivity contribution in [3.8, 4) is 0 Å². The maximum absolute atomic E-state index is 12.3. The van der Waals surface area contributed by atoms with Crippen LogP contribution in [0.2, 0.25) is 0 Å². The van der Waals surface area contributed by atoms with E-state index >= 15 is 0 Å². The first-order valence-corrected chi connectivity index (χ1v) is 6.90. The molecule has 0 aromatic heterocycles. The first-order valence-electron chi connectivity index (χ1n) is 6.90. The number of carbonyl (C=O) groups is 2. The molecule has 1 heterocycles. The normalized spacial score (nSPS) is 22.2. The number of hydrogen-bond acceptors (Lipinski definition) is 3. The Hall–Kier alpha value is -1.88. The fourth-order valence-corrected chi connectivity index (χ4v) is 2.56. The summed E-state index contributed by atoms with van der Waals surface area (Å²) in [5.41, 5.74) is 1.24. The molecule has 1 aliphatic heterocycles. The van der Waals surface area contributed by atoms with Gasteiger partial charge >= 0.3 is 5.97 Å². The third-order valence-electron chi connectivity index (χ3n) is 3.61. The van der Waals surface area contributed by atoms with Crippen LogP contribution >= 0.6 is 0 Å². The van der Waals surface area contributed by atoms with Crippen molar-refractivity contribution >= 4 is 17.6 Å². The lowest BCUT2D eigenvalue weighted by atomic mass is 9.92. The number of nitrogens with one attached hydrogen (secondary N) is 2. The first-order chi connectivity index (χ1) is 9.56. The average molecular weight is 276 g/mol. The van der Waals surface area contributed by atoms with Gasteiger partial charge in [0.1, 0.15) is 0 Å². The molecule has 5 heteroatoms.